The third-order valence-electron chi connectivity index (χ3n) is 4.84. The van der Waals surface area contributed by atoms with Crippen LogP contribution >= 0.6 is 0 Å². The average Bonchev–Trinajstić information content (AvgIpc) is 2.70. The van der Waals surface area contributed by atoms with Crippen LogP contribution in [-0.2, 0) is 0 Å². The smallest absolute Gasteiger partial charge is 0.0782 e. The first-order valence-electron chi connectivity index (χ1n) is 8.83. The van der Waals surface area contributed by atoms with E-state index in [0.717, 1.165) is 16.6 Å². The lowest BCUT2D eigenvalue weighted by molar-refractivity contribution is 1.49. The number of para-hydroxylation sites is 2. The Morgan fingerprint density at radius 2 is 1.19 bits per heavy atom. The highest BCUT2D eigenvalue weighted by Crippen LogP contribution is 2.25. The van der Waals surface area contributed by atoms with Crippen LogP contribution in [0.5, 0.6) is 0 Å². The Morgan fingerprint density at radius 1 is 0.538 bits per heavy atom. The van der Waals surface area contributed by atoms with Gasteiger partial charge in [-0.25, -0.2) is 4.98 Å². The first kappa shape index (κ1) is 14.9. The molecule has 0 aliphatic rings. The zero-order valence-corrected chi connectivity index (χ0v) is 14.3. The Kier molecular flexibility index (Phi) is 3.50. The van der Waals surface area contributed by atoms with Crippen LogP contribution in [0.25, 0.3) is 44.7 Å². The molecule has 0 bridgehead atoms. The molecule has 4 aromatic carbocycles. The minimum absolute atomic E-state index is 1.03. The van der Waals surface area contributed by atoms with Gasteiger partial charge in [0.05, 0.1) is 11.0 Å². The van der Waals surface area contributed by atoms with Crippen molar-refractivity contribution in [1.29, 1.82) is 0 Å². The van der Waals surface area contributed by atoms with E-state index in [0.29, 0.717) is 0 Å². The van der Waals surface area contributed by atoms with Crippen LogP contribution in [0.15, 0.2) is 91.0 Å². The number of rotatable bonds is 2. The first-order chi connectivity index (χ1) is 12.9. The molecule has 0 saturated carbocycles. The lowest BCUT2D eigenvalue weighted by Gasteiger charge is -2.05. The quantitative estimate of drug-likeness (QED) is 0.259. The number of hydrogen-bond acceptors (Lipinski definition) is 1. The second-order valence-electron chi connectivity index (χ2n) is 6.50. The van der Waals surface area contributed by atoms with E-state index in [1.165, 1.54) is 27.1 Å². The third kappa shape index (κ3) is 2.55. The molecule has 1 heterocycles. The maximum absolute atomic E-state index is 4.90. The second kappa shape index (κ2) is 6.12. The van der Waals surface area contributed by atoms with Crippen molar-refractivity contribution in [3.05, 3.63) is 102 Å². The summed E-state index contributed by atoms with van der Waals surface area (Å²) in [6.45, 7) is 0. The van der Waals surface area contributed by atoms with E-state index in [-0.39, 0.29) is 0 Å². The maximum atomic E-state index is 4.90. The number of fused-ring (bicyclic) bond motifs is 3. The topological polar surface area (TPSA) is 12.9 Å². The van der Waals surface area contributed by atoms with Gasteiger partial charge in [-0.1, -0.05) is 91.0 Å². The van der Waals surface area contributed by atoms with Gasteiger partial charge in [0.1, 0.15) is 0 Å². The van der Waals surface area contributed by atoms with Crippen molar-refractivity contribution in [2.75, 3.05) is 0 Å². The van der Waals surface area contributed by atoms with E-state index in [2.05, 4.69) is 97.1 Å². The molecular weight excluding hydrogens is 314 g/mol. The SMILES string of the molecule is C(=C\c1cccc2cc3ccccc3nc12)/c1cccc2ccccc12. The Labute approximate surface area is 152 Å². The van der Waals surface area contributed by atoms with Crippen LogP contribution in [0.1, 0.15) is 11.1 Å². The molecule has 0 N–H and O–H groups in total. The van der Waals surface area contributed by atoms with Crippen LogP contribution < -0.4 is 0 Å². The maximum Gasteiger partial charge on any atom is 0.0782 e. The minimum atomic E-state index is 1.03. The summed E-state index contributed by atoms with van der Waals surface area (Å²) < 4.78 is 0. The fraction of sp³-hybridized carbons (Fsp3) is 0. The predicted molar refractivity (Wildman–Crippen MR) is 112 cm³/mol. The van der Waals surface area contributed by atoms with Gasteiger partial charge in [-0.15, -0.1) is 0 Å². The van der Waals surface area contributed by atoms with Crippen molar-refractivity contribution in [1.82, 2.24) is 4.98 Å². The number of hydrogen-bond donors (Lipinski definition) is 0. The van der Waals surface area contributed by atoms with Gasteiger partial charge in [0.25, 0.3) is 0 Å². The molecule has 0 aliphatic heterocycles. The van der Waals surface area contributed by atoms with Gasteiger partial charge in [-0.3, -0.25) is 0 Å². The fourth-order valence-electron chi connectivity index (χ4n) is 3.53. The van der Waals surface area contributed by atoms with Crippen molar-refractivity contribution < 1.29 is 0 Å². The largest absolute Gasteiger partial charge is 0.247 e. The molecule has 0 radical (unpaired) electrons. The Bertz CT molecular complexity index is 1280. The summed E-state index contributed by atoms with van der Waals surface area (Å²) in [7, 11) is 0. The number of aromatic nitrogens is 1. The van der Waals surface area contributed by atoms with Crippen LogP contribution in [0.3, 0.4) is 0 Å². The minimum Gasteiger partial charge on any atom is -0.247 e. The van der Waals surface area contributed by atoms with Crippen molar-refractivity contribution >= 4 is 44.7 Å². The molecule has 1 heteroatoms. The van der Waals surface area contributed by atoms with Crippen molar-refractivity contribution in [2.24, 2.45) is 0 Å². The number of pyridine rings is 1. The molecule has 122 valence electrons. The van der Waals surface area contributed by atoms with Gasteiger partial charge in [0, 0.05) is 16.3 Å². The van der Waals surface area contributed by atoms with Crippen LogP contribution in [0, 0.1) is 0 Å². The molecule has 0 fully saturated rings. The first-order valence-corrected chi connectivity index (χ1v) is 8.83. The Morgan fingerprint density at radius 3 is 2.12 bits per heavy atom. The van der Waals surface area contributed by atoms with Gasteiger partial charge < -0.3 is 0 Å². The van der Waals surface area contributed by atoms with Crippen LogP contribution in [0.2, 0.25) is 0 Å². The molecule has 1 nitrogen and oxygen atoms in total. The second-order valence-corrected chi connectivity index (χ2v) is 6.50. The van der Waals surface area contributed by atoms with Crippen molar-refractivity contribution in [2.45, 2.75) is 0 Å². The van der Waals surface area contributed by atoms with Crippen LogP contribution in [0.4, 0.5) is 0 Å². The molecule has 5 aromatic rings. The molecule has 0 spiro atoms. The lowest BCUT2D eigenvalue weighted by atomic mass is 10.0. The Balaban J connectivity index is 1.67. The van der Waals surface area contributed by atoms with E-state index in [1.54, 1.807) is 0 Å². The summed E-state index contributed by atoms with van der Waals surface area (Å²) >= 11 is 0. The normalized spacial score (nSPS) is 11.7. The molecule has 0 saturated heterocycles. The van der Waals surface area contributed by atoms with E-state index < -0.39 is 0 Å². The molecule has 5 rings (SSSR count). The summed E-state index contributed by atoms with van der Waals surface area (Å²) in [4.78, 5) is 4.90. The van der Waals surface area contributed by atoms with Gasteiger partial charge in [-0.2, -0.15) is 0 Å². The summed E-state index contributed by atoms with van der Waals surface area (Å²) in [6.07, 6.45) is 4.36. The van der Waals surface area contributed by atoms with E-state index in [9.17, 15) is 0 Å². The van der Waals surface area contributed by atoms with E-state index in [4.69, 9.17) is 4.98 Å². The zero-order chi connectivity index (χ0) is 17.3. The lowest BCUT2D eigenvalue weighted by Crippen LogP contribution is -1.85. The monoisotopic (exact) mass is 331 g/mol. The van der Waals surface area contributed by atoms with Gasteiger partial charge in [-0.05, 0) is 28.5 Å². The zero-order valence-electron chi connectivity index (χ0n) is 14.3. The summed E-state index contributed by atoms with van der Waals surface area (Å²) in [5, 5.41) is 4.88. The van der Waals surface area contributed by atoms with E-state index in [1.807, 2.05) is 6.07 Å². The summed E-state index contributed by atoms with van der Waals surface area (Å²) in [5.74, 6) is 0. The van der Waals surface area contributed by atoms with Gasteiger partial charge in [0.15, 0.2) is 0 Å². The highest BCUT2D eigenvalue weighted by atomic mass is 14.7. The highest BCUT2D eigenvalue weighted by Gasteiger charge is 2.03. The van der Waals surface area contributed by atoms with Crippen molar-refractivity contribution in [3.63, 3.8) is 0 Å². The van der Waals surface area contributed by atoms with Crippen LogP contribution in [-0.4, -0.2) is 4.98 Å². The molecular formula is C25H17N. The predicted octanol–water partition coefficient (Wildman–Crippen LogP) is 6.71. The highest BCUT2D eigenvalue weighted by molar-refractivity contribution is 5.99. The molecule has 1 aromatic heterocycles. The Hall–Kier alpha value is -3.45. The summed E-state index contributed by atoms with van der Waals surface area (Å²) in [5.41, 5.74) is 4.44. The summed E-state index contributed by atoms with van der Waals surface area (Å²) in [6, 6.07) is 31.8. The van der Waals surface area contributed by atoms with Gasteiger partial charge in [0.2, 0.25) is 0 Å². The average molecular weight is 331 g/mol. The fourth-order valence-corrected chi connectivity index (χ4v) is 3.53. The number of nitrogens with zero attached hydrogens (tertiary/aromatic N) is 1. The molecule has 0 atom stereocenters. The van der Waals surface area contributed by atoms with Crippen molar-refractivity contribution in [3.8, 4) is 0 Å². The molecule has 0 aliphatic carbocycles. The number of benzene rings is 4. The third-order valence-corrected chi connectivity index (χ3v) is 4.84. The standard InChI is InChI=1S/C25H17N/c1-3-13-23-18(7-1)9-5-10-19(23)15-16-20-11-6-12-22-17-21-8-2-4-14-24(21)26-25(20)22/h1-17H/b16-15+. The molecule has 0 unspecified atom stereocenters. The van der Waals surface area contributed by atoms with Gasteiger partial charge >= 0.3 is 0 Å². The molecule has 26 heavy (non-hydrogen) atoms. The van der Waals surface area contributed by atoms with E-state index >= 15 is 0 Å². The molecule has 0 amide bonds.